The topological polar surface area (TPSA) is 25.2 Å². The molecule has 0 saturated heterocycles. The standard InChI is InChI=1S/C16H25NO/c1-11-3-5-13(6-4-11)17-10-14-7-8-16(18-14)15-9-12(15)2/h7-8,11-13,15,17H,3-6,9-10H2,1-2H3. The Balaban J connectivity index is 1.46. The Morgan fingerprint density at radius 2 is 1.89 bits per heavy atom. The van der Waals surface area contributed by atoms with Gasteiger partial charge in [0.1, 0.15) is 11.5 Å². The Hall–Kier alpha value is -0.760. The summed E-state index contributed by atoms with van der Waals surface area (Å²) in [5.41, 5.74) is 0. The van der Waals surface area contributed by atoms with Crippen LogP contribution in [0.25, 0.3) is 0 Å². The molecule has 3 rings (SSSR count). The normalized spacial score (nSPS) is 35.7. The van der Waals surface area contributed by atoms with Gasteiger partial charge in [0.2, 0.25) is 0 Å². The lowest BCUT2D eigenvalue weighted by atomic mass is 9.87. The number of furan rings is 1. The Morgan fingerprint density at radius 3 is 2.56 bits per heavy atom. The van der Waals surface area contributed by atoms with Crippen LogP contribution in [0.5, 0.6) is 0 Å². The average Bonchev–Trinajstić information content (AvgIpc) is 2.92. The summed E-state index contributed by atoms with van der Waals surface area (Å²) in [4.78, 5) is 0. The van der Waals surface area contributed by atoms with Crippen molar-refractivity contribution in [2.24, 2.45) is 11.8 Å². The monoisotopic (exact) mass is 247 g/mol. The molecule has 2 fully saturated rings. The zero-order chi connectivity index (χ0) is 12.5. The van der Waals surface area contributed by atoms with E-state index in [1.807, 2.05) is 0 Å². The molecule has 2 unspecified atom stereocenters. The van der Waals surface area contributed by atoms with Crippen LogP contribution in [0.15, 0.2) is 16.5 Å². The minimum atomic E-state index is 0.703. The molecular formula is C16H25NO. The maximum Gasteiger partial charge on any atom is 0.117 e. The van der Waals surface area contributed by atoms with Crippen molar-refractivity contribution < 1.29 is 4.42 Å². The first kappa shape index (κ1) is 12.3. The average molecular weight is 247 g/mol. The largest absolute Gasteiger partial charge is 0.464 e. The molecule has 2 aliphatic carbocycles. The Morgan fingerprint density at radius 1 is 1.17 bits per heavy atom. The second-order valence-electron chi connectivity index (χ2n) is 6.46. The summed E-state index contributed by atoms with van der Waals surface area (Å²) < 4.78 is 5.93. The van der Waals surface area contributed by atoms with E-state index in [-0.39, 0.29) is 0 Å². The highest BCUT2D eigenvalue weighted by Crippen LogP contribution is 2.47. The zero-order valence-electron chi connectivity index (χ0n) is 11.6. The van der Waals surface area contributed by atoms with Gasteiger partial charge in [-0.1, -0.05) is 13.8 Å². The summed E-state index contributed by atoms with van der Waals surface area (Å²) in [5, 5.41) is 3.65. The van der Waals surface area contributed by atoms with Gasteiger partial charge in [0.05, 0.1) is 6.54 Å². The molecule has 2 saturated carbocycles. The van der Waals surface area contributed by atoms with Crippen molar-refractivity contribution in [1.29, 1.82) is 0 Å². The maximum atomic E-state index is 5.93. The predicted molar refractivity (Wildman–Crippen MR) is 73.5 cm³/mol. The van der Waals surface area contributed by atoms with Gasteiger partial charge >= 0.3 is 0 Å². The Bertz CT molecular complexity index is 390. The Labute approximate surface area is 110 Å². The summed E-state index contributed by atoms with van der Waals surface area (Å²) in [6, 6.07) is 5.03. The molecular weight excluding hydrogens is 222 g/mol. The molecule has 0 spiro atoms. The first-order chi connectivity index (χ1) is 8.72. The molecule has 2 heteroatoms. The van der Waals surface area contributed by atoms with Crippen molar-refractivity contribution in [3.63, 3.8) is 0 Å². The second-order valence-corrected chi connectivity index (χ2v) is 6.46. The van der Waals surface area contributed by atoms with E-state index < -0.39 is 0 Å². The summed E-state index contributed by atoms with van der Waals surface area (Å²) in [7, 11) is 0. The molecule has 0 radical (unpaired) electrons. The van der Waals surface area contributed by atoms with Crippen LogP contribution in [0.2, 0.25) is 0 Å². The van der Waals surface area contributed by atoms with Gasteiger partial charge < -0.3 is 9.73 Å². The quantitative estimate of drug-likeness (QED) is 0.867. The lowest BCUT2D eigenvalue weighted by molar-refractivity contribution is 0.298. The summed E-state index contributed by atoms with van der Waals surface area (Å²) >= 11 is 0. The van der Waals surface area contributed by atoms with Gasteiger partial charge in [-0.05, 0) is 56.1 Å². The number of nitrogens with one attached hydrogen (secondary N) is 1. The molecule has 0 aliphatic heterocycles. The number of hydrogen-bond acceptors (Lipinski definition) is 2. The van der Waals surface area contributed by atoms with Crippen LogP contribution in [0.3, 0.4) is 0 Å². The van der Waals surface area contributed by atoms with E-state index >= 15 is 0 Å². The zero-order valence-corrected chi connectivity index (χ0v) is 11.6. The molecule has 0 bridgehead atoms. The van der Waals surface area contributed by atoms with Crippen molar-refractivity contribution in [3.8, 4) is 0 Å². The lowest BCUT2D eigenvalue weighted by Crippen LogP contribution is -2.32. The van der Waals surface area contributed by atoms with Crippen molar-refractivity contribution in [2.45, 2.75) is 64.5 Å². The van der Waals surface area contributed by atoms with Gasteiger partial charge in [-0.15, -0.1) is 0 Å². The second kappa shape index (κ2) is 5.08. The Kier molecular flexibility index (Phi) is 3.47. The highest BCUT2D eigenvalue weighted by atomic mass is 16.3. The highest BCUT2D eigenvalue weighted by Gasteiger charge is 2.36. The predicted octanol–water partition coefficient (Wildman–Crippen LogP) is 4.07. The highest BCUT2D eigenvalue weighted by molar-refractivity contribution is 5.17. The smallest absolute Gasteiger partial charge is 0.117 e. The summed E-state index contributed by atoms with van der Waals surface area (Å²) in [6.45, 7) is 5.57. The molecule has 2 nitrogen and oxygen atoms in total. The van der Waals surface area contributed by atoms with Crippen LogP contribution in [-0.2, 0) is 6.54 Å². The van der Waals surface area contributed by atoms with E-state index in [2.05, 4.69) is 31.3 Å². The third-order valence-corrected chi connectivity index (χ3v) is 4.74. The van der Waals surface area contributed by atoms with E-state index in [4.69, 9.17) is 4.42 Å². The third-order valence-electron chi connectivity index (χ3n) is 4.74. The SMILES string of the molecule is CC1CCC(NCc2ccc(C3CC3C)o2)CC1. The van der Waals surface area contributed by atoms with Crippen LogP contribution in [0.4, 0.5) is 0 Å². The van der Waals surface area contributed by atoms with E-state index in [0.29, 0.717) is 12.0 Å². The minimum Gasteiger partial charge on any atom is -0.464 e. The van der Waals surface area contributed by atoms with Gasteiger partial charge in [-0.25, -0.2) is 0 Å². The van der Waals surface area contributed by atoms with Gasteiger partial charge in [0.25, 0.3) is 0 Å². The van der Waals surface area contributed by atoms with Crippen molar-refractivity contribution in [3.05, 3.63) is 23.7 Å². The maximum absolute atomic E-state index is 5.93. The summed E-state index contributed by atoms with van der Waals surface area (Å²) in [6.07, 6.45) is 6.71. The van der Waals surface area contributed by atoms with E-state index in [1.54, 1.807) is 0 Å². The van der Waals surface area contributed by atoms with Crippen LogP contribution in [0.1, 0.15) is 63.4 Å². The molecule has 2 atom stereocenters. The third kappa shape index (κ3) is 2.80. The fraction of sp³-hybridized carbons (Fsp3) is 0.750. The molecule has 0 amide bonds. The fourth-order valence-corrected chi connectivity index (χ4v) is 3.12. The fourth-order valence-electron chi connectivity index (χ4n) is 3.12. The van der Waals surface area contributed by atoms with Crippen LogP contribution in [0, 0.1) is 11.8 Å². The lowest BCUT2D eigenvalue weighted by Gasteiger charge is -2.26. The van der Waals surface area contributed by atoms with Crippen molar-refractivity contribution >= 4 is 0 Å². The van der Waals surface area contributed by atoms with E-state index in [0.717, 1.165) is 24.1 Å². The molecule has 1 N–H and O–H groups in total. The van der Waals surface area contributed by atoms with Crippen molar-refractivity contribution in [1.82, 2.24) is 5.32 Å². The first-order valence-electron chi connectivity index (χ1n) is 7.54. The first-order valence-corrected chi connectivity index (χ1v) is 7.54. The van der Waals surface area contributed by atoms with E-state index in [1.165, 1.54) is 37.9 Å². The number of rotatable bonds is 4. The molecule has 2 aliphatic rings. The molecule has 1 heterocycles. The van der Waals surface area contributed by atoms with Crippen molar-refractivity contribution in [2.75, 3.05) is 0 Å². The van der Waals surface area contributed by atoms with E-state index in [9.17, 15) is 0 Å². The summed E-state index contributed by atoms with van der Waals surface area (Å²) in [5.74, 6) is 4.78. The van der Waals surface area contributed by atoms with Gasteiger partial charge in [-0.3, -0.25) is 0 Å². The van der Waals surface area contributed by atoms with Crippen LogP contribution in [-0.4, -0.2) is 6.04 Å². The molecule has 1 aromatic heterocycles. The van der Waals surface area contributed by atoms with Crippen LogP contribution >= 0.6 is 0 Å². The molecule has 1 aromatic rings. The molecule has 0 aromatic carbocycles. The van der Waals surface area contributed by atoms with Gasteiger partial charge in [0.15, 0.2) is 0 Å². The molecule has 100 valence electrons. The van der Waals surface area contributed by atoms with Gasteiger partial charge in [0, 0.05) is 12.0 Å². The minimum absolute atomic E-state index is 0.703. The van der Waals surface area contributed by atoms with Gasteiger partial charge in [-0.2, -0.15) is 0 Å². The molecule has 18 heavy (non-hydrogen) atoms. The number of hydrogen-bond donors (Lipinski definition) is 1. The van der Waals surface area contributed by atoms with Crippen LogP contribution < -0.4 is 5.32 Å².